The summed E-state index contributed by atoms with van der Waals surface area (Å²) in [6.07, 6.45) is 0. The van der Waals surface area contributed by atoms with Crippen LogP contribution in [0.15, 0.2) is 47.4 Å². The van der Waals surface area contributed by atoms with Gasteiger partial charge < -0.3 is 10.1 Å². The molecule has 29 heavy (non-hydrogen) atoms. The number of anilines is 1. The highest BCUT2D eigenvalue weighted by Crippen LogP contribution is 2.32. The van der Waals surface area contributed by atoms with Crippen LogP contribution in [0.1, 0.15) is 10.6 Å². The Labute approximate surface area is 162 Å². The summed E-state index contributed by atoms with van der Waals surface area (Å²) in [5.74, 6) is -1.19. The van der Waals surface area contributed by atoms with E-state index in [9.17, 15) is 27.9 Å². The monoisotopic (exact) mass is 421 g/mol. The Bertz CT molecular complexity index is 1190. The first-order valence-electron chi connectivity index (χ1n) is 7.76. The van der Waals surface area contributed by atoms with Crippen molar-refractivity contribution in [2.45, 2.75) is 4.90 Å². The van der Waals surface area contributed by atoms with E-state index in [2.05, 4.69) is 20.8 Å². The number of hydrogen-bond acceptors (Lipinski definition) is 8. The fourth-order valence-electron chi connectivity index (χ4n) is 2.46. The van der Waals surface area contributed by atoms with Crippen molar-refractivity contribution in [1.82, 2.24) is 15.5 Å². The quantitative estimate of drug-likeness (QED) is 0.221. The van der Waals surface area contributed by atoms with Crippen molar-refractivity contribution in [2.24, 2.45) is 0 Å². The lowest BCUT2D eigenvalue weighted by Crippen LogP contribution is -2.41. The number of H-pyrrole nitrogens is 1. The number of rotatable bonds is 6. The summed E-state index contributed by atoms with van der Waals surface area (Å²) in [5.41, 5.74) is -0.605. The molecule has 0 aliphatic heterocycles. The van der Waals surface area contributed by atoms with Crippen LogP contribution in [0.4, 0.5) is 11.4 Å². The van der Waals surface area contributed by atoms with Crippen molar-refractivity contribution in [3.05, 3.63) is 58.4 Å². The average Bonchev–Trinajstić information content (AvgIpc) is 3.16. The summed E-state index contributed by atoms with van der Waals surface area (Å²) < 4.78 is 38.6. The number of aromatic amines is 1. The number of aromatic nitrogens is 4. The smallest absolute Gasteiger partial charge is 0.395 e. The summed E-state index contributed by atoms with van der Waals surface area (Å²) in [5, 5.41) is 23.3. The molecule has 0 saturated heterocycles. The maximum Gasteiger partial charge on any atom is 0.395 e. The minimum absolute atomic E-state index is 0.158. The molecule has 1 aromatic heterocycles. The van der Waals surface area contributed by atoms with E-state index < -0.39 is 31.5 Å². The van der Waals surface area contributed by atoms with E-state index >= 15 is 0 Å². The highest BCUT2D eigenvalue weighted by Gasteiger charge is 2.33. The SMILES string of the molecule is COc1cc([N+](=O)[O-])c(S(=O)(=O)O)cc1-[n+]1[nH]nnc1C(=O)Nc1ccccc1. The van der Waals surface area contributed by atoms with Crippen LogP contribution < -0.4 is 14.7 Å². The van der Waals surface area contributed by atoms with Crippen LogP contribution in [0.5, 0.6) is 5.75 Å². The van der Waals surface area contributed by atoms with Gasteiger partial charge in [0.15, 0.2) is 21.5 Å². The van der Waals surface area contributed by atoms with Crippen molar-refractivity contribution >= 4 is 27.4 Å². The molecule has 0 aliphatic rings. The summed E-state index contributed by atoms with van der Waals surface area (Å²) in [6.45, 7) is 0. The third-order valence-electron chi connectivity index (χ3n) is 3.71. The molecule has 3 N–H and O–H groups in total. The van der Waals surface area contributed by atoms with Gasteiger partial charge in [0.2, 0.25) is 0 Å². The Kier molecular flexibility index (Phi) is 5.20. The van der Waals surface area contributed by atoms with Crippen LogP contribution in [0.2, 0.25) is 0 Å². The van der Waals surface area contributed by atoms with Crippen LogP contribution in [0.25, 0.3) is 5.69 Å². The van der Waals surface area contributed by atoms with Crippen LogP contribution in [0, 0.1) is 10.1 Å². The van der Waals surface area contributed by atoms with Gasteiger partial charge in [-0.2, -0.15) is 8.42 Å². The maximum absolute atomic E-state index is 12.6. The molecule has 13 nitrogen and oxygen atoms in total. The number of nitro groups is 1. The second-order valence-electron chi connectivity index (χ2n) is 5.50. The zero-order valence-electron chi connectivity index (χ0n) is 14.6. The Morgan fingerprint density at radius 3 is 2.59 bits per heavy atom. The molecule has 3 rings (SSSR count). The number of ether oxygens (including phenoxy) is 1. The predicted molar refractivity (Wildman–Crippen MR) is 95.3 cm³/mol. The van der Waals surface area contributed by atoms with Crippen LogP contribution in [-0.2, 0) is 10.1 Å². The van der Waals surface area contributed by atoms with E-state index in [1.165, 1.54) is 7.11 Å². The molecule has 0 spiro atoms. The molecule has 14 heteroatoms. The molecule has 1 amide bonds. The first-order chi connectivity index (χ1) is 13.7. The number of carbonyl (C=O) groups excluding carboxylic acids is 1. The van der Waals surface area contributed by atoms with Crippen molar-refractivity contribution in [2.75, 3.05) is 12.4 Å². The Hall–Kier alpha value is -3.91. The van der Waals surface area contributed by atoms with Gasteiger partial charge in [-0.05, 0) is 12.1 Å². The number of nitrogens with zero attached hydrogens (tertiary/aromatic N) is 4. The topological polar surface area (TPSA) is 181 Å². The van der Waals surface area contributed by atoms with E-state index in [0.717, 1.165) is 16.8 Å². The van der Waals surface area contributed by atoms with Crippen LogP contribution >= 0.6 is 0 Å². The van der Waals surface area contributed by atoms with Gasteiger partial charge in [0.05, 0.1) is 18.1 Å². The molecule has 0 saturated carbocycles. The number of carbonyl (C=O) groups is 1. The number of methoxy groups -OCH3 is 1. The van der Waals surface area contributed by atoms with Gasteiger partial charge in [-0.3, -0.25) is 19.5 Å². The Morgan fingerprint density at radius 1 is 1.31 bits per heavy atom. The van der Waals surface area contributed by atoms with E-state index in [1.807, 2.05) is 0 Å². The first-order valence-corrected chi connectivity index (χ1v) is 9.20. The van der Waals surface area contributed by atoms with Crippen molar-refractivity contribution < 1.29 is 32.1 Å². The zero-order chi connectivity index (χ0) is 21.2. The van der Waals surface area contributed by atoms with E-state index in [0.29, 0.717) is 5.69 Å². The molecule has 0 atom stereocenters. The Balaban J connectivity index is 2.14. The number of hydrogen-bond donors (Lipinski definition) is 3. The zero-order valence-corrected chi connectivity index (χ0v) is 15.5. The van der Waals surface area contributed by atoms with E-state index in [-0.39, 0.29) is 17.3 Å². The number of amides is 1. The van der Waals surface area contributed by atoms with Gasteiger partial charge in [-0.15, -0.1) is 4.68 Å². The fourth-order valence-corrected chi connectivity index (χ4v) is 3.11. The van der Waals surface area contributed by atoms with Crippen molar-refractivity contribution in [1.29, 1.82) is 0 Å². The van der Waals surface area contributed by atoms with Crippen LogP contribution in [-0.4, -0.2) is 46.4 Å². The number of para-hydroxylation sites is 1. The van der Waals surface area contributed by atoms with Gasteiger partial charge in [-0.1, -0.05) is 23.4 Å². The number of nitro benzene ring substituents is 1. The molecule has 0 radical (unpaired) electrons. The number of benzene rings is 2. The maximum atomic E-state index is 12.6. The minimum atomic E-state index is -4.96. The van der Waals surface area contributed by atoms with Crippen molar-refractivity contribution in [3.63, 3.8) is 0 Å². The summed E-state index contributed by atoms with van der Waals surface area (Å²) in [4.78, 5) is 21.8. The highest BCUT2D eigenvalue weighted by atomic mass is 32.2. The standard InChI is InChI=1S/C15H12N6O7S/c1-28-12-7-11(21(23)24)13(29(25,26)27)8-10(12)20-14(17-18-19-20)15(22)16-9-5-3-2-4-6-9/h2-8H,1H3,(H2,16,22,25,26,27)/p+1. The molecule has 1 heterocycles. The highest BCUT2D eigenvalue weighted by molar-refractivity contribution is 7.86. The molecule has 0 unspecified atom stereocenters. The molecule has 0 aliphatic carbocycles. The lowest BCUT2D eigenvalue weighted by molar-refractivity contribution is -0.662. The minimum Gasteiger partial charge on any atom is -0.493 e. The summed E-state index contributed by atoms with van der Waals surface area (Å²) in [6, 6.07) is 9.98. The largest absolute Gasteiger partial charge is 0.493 e. The Morgan fingerprint density at radius 2 is 2.00 bits per heavy atom. The molecular weight excluding hydrogens is 408 g/mol. The number of nitrogens with one attached hydrogen (secondary N) is 2. The first kappa shape index (κ1) is 19.8. The van der Waals surface area contributed by atoms with Crippen molar-refractivity contribution in [3.8, 4) is 11.4 Å². The van der Waals surface area contributed by atoms with Gasteiger partial charge in [-0.25, -0.2) is 0 Å². The third kappa shape index (κ3) is 4.02. The summed E-state index contributed by atoms with van der Waals surface area (Å²) >= 11 is 0. The molecule has 3 aromatic rings. The lowest BCUT2D eigenvalue weighted by Gasteiger charge is -2.08. The predicted octanol–water partition coefficient (Wildman–Crippen LogP) is 0.497. The van der Waals surface area contributed by atoms with E-state index in [4.69, 9.17) is 4.74 Å². The normalized spacial score (nSPS) is 11.1. The van der Waals surface area contributed by atoms with E-state index in [1.54, 1.807) is 30.3 Å². The van der Waals surface area contributed by atoms with Gasteiger partial charge in [0, 0.05) is 11.8 Å². The number of tetrazole rings is 1. The van der Waals surface area contributed by atoms with Gasteiger partial charge in [0.25, 0.3) is 5.69 Å². The summed E-state index contributed by atoms with van der Waals surface area (Å²) in [7, 11) is -3.78. The van der Waals surface area contributed by atoms with Crippen LogP contribution in [0.3, 0.4) is 0 Å². The molecule has 0 bridgehead atoms. The van der Waals surface area contributed by atoms with Gasteiger partial charge >= 0.3 is 21.8 Å². The van der Waals surface area contributed by atoms with Gasteiger partial charge in [0.1, 0.15) is 5.10 Å². The molecular formula is C15H13N6O7S+. The second kappa shape index (κ2) is 7.61. The fraction of sp³-hybridized carbons (Fsp3) is 0.0667. The molecule has 2 aromatic carbocycles. The second-order valence-corrected chi connectivity index (χ2v) is 6.89. The third-order valence-corrected chi connectivity index (χ3v) is 4.59. The molecule has 0 fully saturated rings. The molecule has 150 valence electrons. The lowest BCUT2D eigenvalue weighted by atomic mass is 10.2. The average molecular weight is 421 g/mol.